The second-order valence-electron chi connectivity index (χ2n) is 9.44. The summed E-state index contributed by atoms with van der Waals surface area (Å²) in [6.07, 6.45) is 19.1. The third kappa shape index (κ3) is 6.15. The number of nitrogens with zero attached hydrogens (tertiary/aromatic N) is 4. The monoisotopic (exact) mass is 481 g/mol. The summed E-state index contributed by atoms with van der Waals surface area (Å²) in [6, 6.07) is -0.760. The molecule has 0 radical (unpaired) electrons. The van der Waals surface area contributed by atoms with Crippen molar-refractivity contribution in [2.45, 2.75) is 77.0 Å². The van der Waals surface area contributed by atoms with Crippen molar-refractivity contribution >= 4 is 17.8 Å². The van der Waals surface area contributed by atoms with E-state index < -0.39 is 12.2 Å². The number of hydrogen-bond acceptors (Lipinski definition) is 4. The van der Waals surface area contributed by atoms with Crippen LogP contribution in [0, 0.1) is 12.3 Å². The van der Waals surface area contributed by atoms with Gasteiger partial charge in [0.05, 0.1) is 19.6 Å². The van der Waals surface area contributed by atoms with E-state index in [0.717, 1.165) is 37.7 Å². The molecule has 3 fully saturated rings. The zero-order chi connectivity index (χ0) is 25.4. The summed E-state index contributed by atoms with van der Waals surface area (Å²) in [6.45, 7) is 8.58. The van der Waals surface area contributed by atoms with Crippen molar-refractivity contribution in [3.05, 3.63) is 36.5 Å². The van der Waals surface area contributed by atoms with Gasteiger partial charge in [-0.3, -0.25) is 9.59 Å². The first kappa shape index (κ1) is 26.6. The minimum Gasteiger partial charge on any atom is -0.334 e. The third-order valence-electron chi connectivity index (χ3n) is 6.94. The molecule has 0 bridgehead atoms. The van der Waals surface area contributed by atoms with Crippen molar-refractivity contribution in [1.82, 2.24) is 25.1 Å². The van der Waals surface area contributed by atoms with Crippen LogP contribution < -0.4 is 5.32 Å². The number of piperazine rings is 1. The summed E-state index contributed by atoms with van der Waals surface area (Å²) >= 11 is 0. The van der Waals surface area contributed by atoms with Gasteiger partial charge >= 0.3 is 6.03 Å². The molecule has 1 saturated carbocycles. The van der Waals surface area contributed by atoms with Crippen LogP contribution in [0.25, 0.3) is 0 Å². The molecule has 3 aliphatic rings. The summed E-state index contributed by atoms with van der Waals surface area (Å²) in [5.74, 6) is 2.42. The second-order valence-corrected chi connectivity index (χ2v) is 9.44. The highest BCUT2D eigenvalue weighted by atomic mass is 16.2. The highest BCUT2D eigenvalue weighted by Gasteiger charge is 2.52. The van der Waals surface area contributed by atoms with Crippen molar-refractivity contribution in [3.8, 4) is 12.3 Å². The minimum absolute atomic E-state index is 0.0107. The Morgan fingerprint density at radius 1 is 1.23 bits per heavy atom. The molecule has 0 aromatic heterocycles. The number of amides is 4. The van der Waals surface area contributed by atoms with Crippen LogP contribution in [-0.2, 0) is 9.59 Å². The molecule has 2 saturated heterocycles. The van der Waals surface area contributed by atoms with E-state index >= 15 is 0 Å². The summed E-state index contributed by atoms with van der Waals surface area (Å²) in [4.78, 5) is 43.9. The number of nitrogens with one attached hydrogen (secondary N) is 1. The van der Waals surface area contributed by atoms with Crippen LogP contribution in [0.3, 0.4) is 0 Å². The van der Waals surface area contributed by atoms with Crippen LogP contribution in [0.4, 0.5) is 4.79 Å². The Kier molecular flexibility index (Phi) is 9.55. The van der Waals surface area contributed by atoms with E-state index in [4.69, 9.17) is 6.42 Å². The molecule has 8 heteroatoms. The van der Waals surface area contributed by atoms with Gasteiger partial charge in [0.25, 0.3) is 0 Å². The molecule has 190 valence electrons. The molecule has 0 unspecified atom stereocenters. The zero-order valence-corrected chi connectivity index (χ0v) is 21.1. The number of urea groups is 1. The van der Waals surface area contributed by atoms with E-state index in [1.165, 1.54) is 6.42 Å². The largest absolute Gasteiger partial charge is 0.334 e. The maximum absolute atomic E-state index is 13.6. The van der Waals surface area contributed by atoms with Crippen LogP contribution in [0.2, 0.25) is 0 Å². The molecule has 2 heterocycles. The van der Waals surface area contributed by atoms with Crippen LogP contribution >= 0.6 is 0 Å². The van der Waals surface area contributed by atoms with Crippen molar-refractivity contribution in [2.24, 2.45) is 0 Å². The molecule has 0 spiro atoms. The number of allylic oxidation sites excluding steroid dienone is 3. The average Bonchev–Trinajstić information content (AvgIpc) is 2.85. The fourth-order valence-corrected chi connectivity index (χ4v) is 5.30. The van der Waals surface area contributed by atoms with Gasteiger partial charge in [-0.2, -0.15) is 5.01 Å². The molecule has 1 aliphatic carbocycles. The highest BCUT2D eigenvalue weighted by molar-refractivity contribution is 5.91. The molecular weight excluding hydrogens is 442 g/mol. The second kappa shape index (κ2) is 12.6. The molecule has 2 aliphatic heterocycles. The lowest BCUT2D eigenvalue weighted by molar-refractivity contribution is -0.191. The smallest absolute Gasteiger partial charge is 0.334 e. The summed E-state index contributed by atoms with van der Waals surface area (Å²) < 4.78 is 0. The van der Waals surface area contributed by atoms with Gasteiger partial charge < -0.3 is 15.1 Å². The van der Waals surface area contributed by atoms with Crippen molar-refractivity contribution in [2.75, 3.05) is 26.2 Å². The van der Waals surface area contributed by atoms with Crippen molar-refractivity contribution < 1.29 is 14.4 Å². The van der Waals surface area contributed by atoms with Crippen LogP contribution in [0.15, 0.2) is 36.5 Å². The molecular formula is C27H39N5O3. The fourth-order valence-electron chi connectivity index (χ4n) is 5.30. The number of carbonyl (C=O) groups is 3. The van der Waals surface area contributed by atoms with Gasteiger partial charge in [-0.15, -0.1) is 6.42 Å². The Morgan fingerprint density at radius 2 is 1.97 bits per heavy atom. The molecule has 4 amide bonds. The SMILES string of the molecule is C#CCN1CC(=O)N2[C@@H](CCC)C(=O)N(C3CCCCC3)C[C@@H]2N1C(=O)NCC(=C)/C=C\C=C/C. The Balaban J connectivity index is 1.88. The molecule has 1 N–H and O–H groups in total. The van der Waals surface area contributed by atoms with Gasteiger partial charge in [0, 0.05) is 12.6 Å². The number of hydrazine groups is 1. The van der Waals surface area contributed by atoms with E-state index in [1.807, 2.05) is 43.1 Å². The standard InChI is InChI=1S/C27H39N5O3/c1-5-8-10-14-21(4)18-28-27(35)32-24-19-30(22-15-11-9-12-16-22)26(34)23(13-6-2)31(24)25(33)20-29(32)17-7-3/h3,5,8,10,14,22-24H,4,6,9,11-13,15-20H2,1-2H3,(H,28,35)/b8-5-,14-10-/t23-,24-/m0/s1. The normalized spacial score (nSPS) is 24.2. The fraction of sp³-hybridized carbons (Fsp3) is 0.593. The first-order chi connectivity index (χ1) is 16.9. The topological polar surface area (TPSA) is 76.2 Å². The van der Waals surface area contributed by atoms with Gasteiger partial charge in [-0.25, -0.2) is 9.80 Å². The molecule has 0 aromatic rings. The Bertz CT molecular complexity index is 899. The number of fused-ring (bicyclic) bond motifs is 1. The quantitative estimate of drug-likeness (QED) is 0.427. The van der Waals surface area contributed by atoms with Crippen molar-refractivity contribution in [3.63, 3.8) is 0 Å². The molecule has 35 heavy (non-hydrogen) atoms. The Morgan fingerprint density at radius 3 is 2.63 bits per heavy atom. The van der Waals surface area contributed by atoms with E-state index in [0.29, 0.717) is 13.0 Å². The van der Waals surface area contributed by atoms with Crippen LogP contribution in [0.1, 0.15) is 58.8 Å². The predicted octanol–water partition coefficient (Wildman–Crippen LogP) is 3.05. The first-order valence-corrected chi connectivity index (χ1v) is 12.8. The Labute approximate surface area is 209 Å². The number of hydrogen-bond donors (Lipinski definition) is 1. The number of rotatable bonds is 8. The third-order valence-corrected chi connectivity index (χ3v) is 6.94. The number of carbonyl (C=O) groups excluding carboxylic acids is 3. The molecule has 8 nitrogen and oxygen atoms in total. The van der Waals surface area contributed by atoms with E-state index in [2.05, 4.69) is 17.8 Å². The molecule has 0 aromatic carbocycles. The Hall–Kier alpha value is -3.05. The minimum atomic E-state index is -0.590. The summed E-state index contributed by atoms with van der Waals surface area (Å²) in [7, 11) is 0. The maximum Gasteiger partial charge on any atom is 0.334 e. The lowest BCUT2D eigenvalue weighted by Crippen LogP contribution is -2.77. The number of terminal acetylenes is 1. The van der Waals surface area contributed by atoms with Gasteiger partial charge in [0.1, 0.15) is 12.2 Å². The first-order valence-electron chi connectivity index (χ1n) is 12.8. The molecule has 2 atom stereocenters. The van der Waals surface area contributed by atoms with E-state index in [-0.39, 0.29) is 43.5 Å². The highest BCUT2D eigenvalue weighted by Crippen LogP contribution is 2.32. The molecule has 3 rings (SSSR count). The van der Waals surface area contributed by atoms with Gasteiger partial charge in [-0.1, -0.05) is 69.4 Å². The van der Waals surface area contributed by atoms with Crippen molar-refractivity contribution in [1.29, 1.82) is 0 Å². The lowest BCUT2D eigenvalue weighted by Gasteiger charge is -2.56. The zero-order valence-electron chi connectivity index (χ0n) is 21.1. The maximum atomic E-state index is 13.6. The van der Waals surface area contributed by atoms with Gasteiger partial charge in [0.2, 0.25) is 11.8 Å². The average molecular weight is 482 g/mol. The van der Waals surface area contributed by atoms with Crippen LogP contribution in [0.5, 0.6) is 0 Å². The lowest BCUT2D eigenvalue weighted by atomic mass is 9.91. The summed E-state index contributed by atoms with van der Waals surface area (Å²) in [5, 5.41) is 6.11. The van der Waals surface area contributed by atoms with Gasteiger partial charge in [-0.05, 0) is 31.8 Å². The van der Waals surface area contributed by atoms with E-state index in [9.17, 15) is 14.4 Å². The van der Waals surface area contributed by atoms with Gasteiger partial charge in [0.15, 0.2) is 0 Å². The predicted molar refractivity (Wildman–Crippen MR) is 137 cm³/mol. The van der Waals surface area contributed by atoms with E-state index in [1.54, 1.807) is 14.9 Å². The summed E-state index contributed by atoms with van der Waals surface area (Å²) in [5.41, 5.74) is 0.747. The van der Waals surface area contributed by atoms with Crippen LogP contribution in [-0.4, -0.2) is 82.1 Å².